The molecule has 4 N–H and O–H groups in total. The van der Waals surface area contributed by atoms with Crippen LogP contribution < -0.4 is 40.5 Å². The van der Waals surface area contributed by atoms with E-state index < -0.39 is 12.7 Å². The summed E-state index contributed by atoms with van der Waals surface area (Å²) in [5.41, 5.74) is 3.87. The molecule has 1 saturated carbocycles. The standard InChI is InChI=1S/C52H61F3N10O5S/c1-62-44-31-58-51(61-49(44)64(32-48(62)67)36-12-7-8-13-36)60-42-20-18-34(28-45(42)69-2)50(68)57-24-9-5-6-17-47(66)63-26-22-35(23-27-63)59-40-15-10-16-43-39(40)29-37(65(43)33-52(53,54)55)14-11-25-56-41-21-19-38(71-4)30-46(41)70-3/h10,15-16,18-21,28-31,35-36,56,59H,5-9,12-13,17,22-27,32-33H2,1-4H3,(H,57,68)(H,58,60,61). The average molecular weight is 995 g/mol. The van der Waals surface area contributed by atoms with Gasteiger partial charge in [0.15, 0.2) is 5.82 Å². The third kappa shape index (κ3) is 12.4. The van der Waals surface area contributed by atoms with E-state index >= 15 is 0 Å². The summed E-state index contributed by atoms with van der Waals surface area (Å²) in [6.45, 7) is 0.907. The zero-order chi connectivity index (χ0) is 50.1. The molecule has 19 heteroatoms. The number of nitrogens with zero attached hydrogens (tertiary/aromatic N) is 6. The number of halogens is 3. The Hall–Kier alpha value is -6.81. The molecule has 0 spiro atoms. The van der Waals surface area contributed by atoms with E-state index in [1.165, 1.54) is 11.7 Å². The molecule has 71 heavy (non-hydrogen) atoms. The van der Waals surface area contributed by atoms with E-state index in [1.807, 2.05) is 35.4 Å². The van der Waals surface area contributed by atoms with Crippen LogP contribution in [0.5, 0.6) is 11.5 Å². The van der Waals surface area contributed by atoms with Crippen molar-refractivity contribution in [1.29, 1.82) is 0 Å². The van der Waals surface area contributed by atoms with Gasteiger partial charge < -0.3 is 50.0 Å². The SMILES string of the molecule is COc1cc(SC)ccc1NCC#Cc1cc2c(NC3CCN(C(=O)CCCCCNC(=O)c4ccc(Nc5ncc6c(n5)N(C5CCCC5)CC(=O)N6C)c(OC)c4)CC3)cccc2n1CC(F)(F)F. The number of alkyl halides is 3. The lowest BCUT2D eigenvalue weighted by atomic mass is 10.0. The number of piperidine rings is 1. The molecule has 0 radical (unpaired) electrons. The molecule has 0 unspecified atom stereocenters. The number of likely N-dealkylation sites (N-methyl/N-ethyl adjacent to an activating group) is 1. The second kappa shape index (κ2) is 23.0. The average Bonchev–Trinajstić information content (AvgIpc) is 4.03. The minimum Gasteiger partial charge on any atom is -0.495 e. The first-order valence-electron chi connectivity index (χ1n) is 24.1. The molecule has 3 aliphatic rings. The summed E-state index contributed by atoms with van der Waals surface area (Å²) in [5.74, 6) is 8.00. The second-order valence-corrected chi connectivity index (χ2v) is 18.9. The number of carbonyl (C=O) groups is 3. The number of fused-ring (bicyclic) bond motifs is 2. The summed E-state index contributed by atoms with van der Waals surface area (Å²) in [4.78, 5) is 55.0. The third-order valence-corrected chi connectivity index (χ3v) is 14.1. The van der Waals surface area contributed by atoms with Crippen LogP contribution in [0.2, 0.25) is 0 Å². The van der Waals surface area contributed by atoms with Crippen molar-refractivity contribution < 1.29 is 37.0 Å². The molecule has 3 amide bonds. The van der Waals surface area contributed by atoms with E-state index in [-0.39, 0.29) is 48.6 Å². The minimum absolute atomic E-state index is 0.0111. The Labute approximate surface area is 416 Å². The number of thioether (sulfide) groups is 1. The summed E-state index contributed by atoms with van der Waals surface area (Å²) in [6, 6.07) is 18.2. The lowest BCUT2D eigenvalue weighted by Gasteiger charge is -2.37. The molecule has 8 rings (SSSR count). The minimum atomic E-state index is -4.45. The Morgan fingerprint density at radius 1 is 0.915 bits per heavy atom. The van der Waals surface area contributed by atoms with Crippen molar-refractivity contribution >= 4 is 74.9 Å². The van der Waals surface area contributed by atoms with Crippen molar-refractivity contribution in [3.05, 3.63) is 78.1 Å². The fraction of sp³-hybridized carbons (Fsp3) is 0.442. The van der Waals surface area contributed by atoms with Crippen LogP contribution in [-0.2, 0) is 16.1 Å². The summed E-state index contributed by atoms with van der Waals surface area (Å²) >= 11 is 1.59. The molecular weight excluding hydrogens is 934 g/mol. The fourth-order valence-corrected chi connectivity index (χ4v) is 9.95. The number of ether oxygens (including phenoxy) is 2. The van der Waals surface area contributed by atoms with Gasteiger partial charge >= 0.3 is 6.18 Å². The Morgan fingerprint density at radius 3 is 2.42 bits per heavy atom. The molecule has 0 bridgehead atoms. The number of methoxy groups -OCH3 is 2. The molecule has 1 saturated heterocycles. The summed E-state index contributed by atoms with van der Waals surface area (Å²) in [7, 11) is 4.86. The van der Waals surface area contributed by atoms with Crippen LogP contribution in [0.15, 0.2) is 71.8 Å². The zero-order valence-electron chi connectivity index (χ0n) is 40.6. The topological polar surface area (TPSA) is 158 Å². The van der Waals surface area contributed by atoms with Gasteiger partial charge in [0.1, 0.15) is 23.7 Å². The van der Waals surface area contributed by atoms with Crippen molar-refractivity contribution in [3.8, 4) is 23.3 Å². The zero-order valence-corrected chi connectivity index (χ0v) is 41.4. The van der Waals surface area contributed by atoms with Crippen molar-refractivity contribution in [2.24, 2.45) is 0 Å². The number of likely N-dealkylation sites (tertiary alicyclic amines) is 1. The van der Waals surface area contributed by atoms with Crippen LogP contribution in [0.25, 0.3) is 10.9 Å². The normalized spacial score (nSPS) is 15.3. The van der Waals surface area contributed by atoms with Crippen molar-refractivity contribution in [2.75, 3.05) is 86.0 Å². The van der Waals surface area contributed by atoms with Crippen LogP contribution in [0, 0.1) is 11.8 Å². The van der Waals surface area contributed by atoms with Gasteiger partial charge in [-0.05, 0) is 105 Å². The predicted octanol–water partition coefficient (Wildman–Crippen LogP) is 9.06. The van der Waals surface area contributed by atoms with Gasteiger partial charge in [-0.25, -0.2) is 4.98 Å². The number of anilines is 6. The number of amides is 3. The summed E-state index contributed by atoms with van der Waals surface area (Å²) in [5, 5.41) is 13.6. The van der Waals surface area contributed by atoms with E-state index in [9.17, 15) is 27.6 Å². The third-order valence-electron chi connectivity index (χ3n) is 13.4. The number of carbonyl (C=O) groups excluding carboxylic acids is 3. The van der Waals surface area contributed by atoms with Gasteiger partial charge in [0.25, 0.3) is 5.91 Å². The van der Waals surface area contributed by atoms with E-state index in [4.69, 9.17) is 14.5 Å². The number of benzene rings is 3. The molecule has 3 aromatic carbocycles. The first-order valence-corrected chi connectivity index (χ1v) is 25.4. The molecule has 4 heterocycles. The van der Waals surface area contributed by atoms with Gasteiger partial charge in [0, 0.05) is 66.7 Å². The number of hydrogen-bond acceptors (Lipinski definition) is 12. The molecule has 1 aliphatic carbocycles. The van der Waals surface area contributed by atoms with E-state index in [1.54, 1.807) is 73.4 Å². The van der Waals surface area contributed by atoms with Gasteiger partial charge in [0.2, 0.25) is 17.8 Å². The molecule has 0 atom stereocenters. The lowest BCUT2D eigenvalue weighted by Crippen LogP contribution is -2.48. The van der Waals surface area contributed by atoms with Crippen molar-refractivity contribution in [1.82, 2.24) is 24.8 Å². The monoisotopic (exact) mass is 994 g/mol. The maximum absolute atomic E-state index is 13.9. The Morgan fingerprint density at radius 2 is 1.68 bits per heavy atom. The van der Waals surface area contributed by atoms with Crippen LogP contribution in [0.3, 0.4) is 0 Å². The van der Waals surface area contributed by atoms with E-state index in [2.05, 4.69) is 43.0 Å². The van der Waals surface area contributed by atoms with Crippen molar-refractivity contribution in [3.63, 3.8) is 0 Å². The molecular formula is C52H61F3N10O5S. The number of rotatable bonds is 18. The number of unbranched alkanes of at least 4 members (excludes halogenated alkanes) is 2. The summed E-state index contributed by atoms with van der Waals surface area (Å²) in [6.07, 6.45) is 7.44. The van der Waals surface area contributed by atoms with Crippen molar-refractivity contribution in [2.45, 2.75) is 93.9 Å². The Balaban J connectivity index is 0.777. The molecule has 5 aromatic rings. The first-order chi connectivity index (χ1) is 34.3. The highest BCUT2D eigenvalue weighted by Gasteiger charge is 2.35. The molecule has 15 nitrogen and oxygen atoms in total. The largest absolute Gasteiger partial charge is 0.495 e. The quantitative estimate of drug-likeness (QED) is 0.0376. The highest BCUT2D eigenvalue weighted by Crippen LogP contribution is 2.38. The molecule has 376 valence electrons. The lowest BCUT2D eigenvalue weighted by molar-refractivity contribution is -0.140. The van der Waals surface area contributed by atoms with Gasteiger partial charge in [-0.15, -0.1) is 11.8 Å². The van der Waals surface area contributed by atoms with Gasteiger partial charge in [-0.1, -0.05) is 31.2 Å². The maximum atomic E-state index is 13.9. The second-order valence-electron chi connectivity index (χ2n) is 18.0. The van der Waals surface area contributed by atoms with E-state index in [0.29, 0.717) is 97.0 Å². The van der Waals surface area contributed by atoms with Crippen LogP contribution >= 0.6 is 11.8 Å². The fourth-order valence-electron chi connectivity index (χ4n) is 9.53. The van der Waals surface area contributed by atoms with Crippen LogP contribution in [0.1, 0.15) is 80.3 Å². The first kappa shape index (κ1) is 50.6. The van der Waals surface area contributed by atoms with Crippen LogP contribution in [0.4, 0.5) is 47.7 Å². The number of aromatic nitrogens is 3. The predicted molar refractivity (Wildman–Crippen MR) is 273 cm³/mol. The van der Waals surface area contributed by atoms with Gasteiger partial charge in [-0.3, -0.25) is 14.4 Å². The Bertz CT molecular complexity index is 2780. The molecule has 2 aromatic heterocycles. The molecule has 2 fully saturated rings. The summed E-state index contributed by atoms with van der Waals surface area (Å²) < 4.78 is 53.9. The highest BCUT2D eigenvalue weighted by atomic mass is 32.2. The highest BCUT2D eigenvalue weighted by molar-refractivity contribution is 7.98. The number of hydrogen-bond donors (Lipinski definition) is 4. The Kier molecular flexibility index (Phi) is 16.3. The smallest absolute Gasteiger partial charge is 0.406 e. The van der Waals surface area contributed by atoms with Crippen LogP contribution in [-0.4, -0.2) is 116 Å². The molecule has 2 aliphatic heterocycles. The van der Waals surface area contributed by atoms with Gasteiger partial charge in [0.05, 0.1) is 56.1 Å². The van der Waals surface area contributed by atoms with Gasteiger partial charge in [-0.2, -0.15) is 18.2 Å². The maximum Gasteiger partial charge on any atom is 0.406 e. The number of nitrogens with one attached hydrogen (secondary N) is 4. The van der Waals surface area contributed by atoms with E-state index in [0.717, 1.165) is 54.2 Å².